The average Bonchev–Trinajstić information content (AvgIpc) is 2.39. The van der Waals surface area contributed by atoms with Crippen LogP contribution in [0.3, 0.4) is 0 Å². The van der Waals surface area contributed by atoms with Crippen LogP contribution in [0.15, 0.2) is 0 Å². The van der Waals surface area contributed by atoms with Gasteiger partial charge in [-0.05, 0) is 19.8 Å². The summed E-state index contributed by atoms with van der Waals surface area (Å²) in [4.78, 5) is 34.9. The molecule has 0 aromatic rings. The van der Waals surface area contributed by atoms with Gasteiger partial charge in [-0.3, -0.25) is 9.59 Å². The molecule has 0 fully saturated rings. The van der Waals surface area contributed by atoms with Crippen LogP contribution in [0.1, 0.15) is 27.7 Å². The van der Waals surface area contributed by atoms with E-state index in [-0.39, 0.29) is 5.92 Å². The summed E-state index contributed by atoms with van der Waals surface area (Å²) in [6.45, 7) is 5.86. The maximum absolute atomic E-state index is 12.1. The molecular weight excluding hydrogens is 294 g/mol. The molecule has 9 heteroatoms. The Bertz CT molecular complexity index is 411. The molecule has 0 aliphatic rings. The molecule has 0 heterocycles. The van der Waals surface area contributed by atoms with Crippen LogP contribution in [-0.2, 0) is 14.4 Å². The fourth-order valence-electron chi connectivity index (χ4n) is 1.64. The zero-order valence-corrected chi connectivity index (χ0v) is 13.1. The van der Waals surface area contributed by atoms with Crippen molar-refractivity contribution in [2.75, 3.05) is 0 Å². The van der Waals surface area contributed by atoms with Crippen LogP contribution in [-0.4, -0.2) is 63.4 Å². The Morgan fingerprint density at radius 1 is 0.864 bits per heavy atom. The van der Waals surface area contributed by atoms with Gasteiger partial charge in [0.25, 0.3) is 0 Å². The molecule has 0 saturated carbocycles. The Hall–Kier alpha value is -1.71. The van der Waals surface area contributed by atoms with E-state index in [2.05, 4.69) is 10.6 Å². The second-order valence-electron chi connectivity index (χ2n) is 5.56. The van der Waals surface area contributed by atoms with Crippen molar-refractivity contribution in [1.29, 1.82) is 0 Å². The number of nitrogens with two attached hydrogens (primary N) is 1. The van der Waals surface area contributed by atoms with Crippen molar-refractivity contribution in [1.82, 2.24) is 10.6 Å². The number of carbonyl (C=O) groups is 3. The minimum atomic E-state index is -1.49. The quantitative estimate of drug-likeness (QED) is 0.295. The Balaban J connectivity index is 4.99. The molecule has 0 spiro atoms. The van der Waals surface area contributed by atoms with Crippen molar-refractivity contribution in [3.63, 3.8) is 0 Å². The highest BCUT2D eigenvalue weighted by Gasteiger charge is 2.32. The van der Waals surface area contributed by atoms with Crippen molar-refractivity contribution in [2.24, 2.45) is 11.7 Å². The number of carboxylic acids is 1. The van der Waals surface area contributed by atoms with Gasteiger partial charge in [-0.1, -0.05) is 13.8 Å². The second kappa shape index (κ2) is 8.66. The van der Waals surface area contributed by atoms with E-state index < -0.39 is 48.1 Å². The van der Waals surface area contributed by atoms with Crippen LogP contribution in [0.2, 0.25) is 0 Å². The van der Waals surface area contributed by atoms with E-state index in [1.54, 1.807) is 13.8 Å². The third-order valence-corrected chi connectivity index (χ3v) is 3.12. The first-order valence-electron chi connectivity index (χ1n) is 6.94. The lowest BCUT2D eigenvalue weighted by Gasteiger charge is -2.26. The maximum Gasteiger partial charge on any atom is 0.328 e. The van der Waals surface area contributed by atoms with Crippen LogP contribution in [0.5, 0.6) is 0 Å². The van der Waals surface area contributed by atoms with Crippen LogP contribution in [0, 0.1) is 5.92 Å². The molecule has 0 saturated heterocycles. The van der Waals surface area contributed by atoms with Crippen molar-refractivity contribution < 1.29 is 29.7 Å². The lowest BCUT2D eigenvalue weighted by atomic mass is 10.0. The monoisotopic (exact) mass is 319 g/mol. The molecule has 2 amide bonds. The predicted molar refractivity (Wildman–Crippen MR) is 77.7 cm³/mol. The number of carbonyl (C=O) groups excluding carboxylic acids is 2. The van der Waals surface area contributed by atoms with Gasteiger partial charge in [0.05, 0.1) is 12.2 Å². The smallest absolute Gasteiger partial charge is 0.328 e. The Labute approximate surface area is 128 Å². The number of nitrogens with one attached hydrogen (secondary N) is 2. The van der Waals surface area contributed by atoms with Gasteiger partial charge in [0.15, 0.2) is 6.04 Å². The first-order chi connectivity index (χ1) is 9.98. The van der Waals surface area contributed by atoms with E-state index in [9.17, 15) is 24.6 Å². The summed E-state index contributed by atoms with van der Waals surface area (Å²) in [5, 5.41) is 32.1. The van der Waals surface area contributed by atoms with Crippen LogP contribution < -0.4 is 16.4 Å². The number of hydrogen-bond donors (Lipinski definition) is 6. The standard InChI is InChI=1S/C13H25N3O6/c1-5(2)9(15-11(19)8(14)6(3)17)12(20)16-10(7(4)18)13(21)22/h5-10,17-18H,14H2,1-4H3,(H,15,19)(H,16,20)(H,21,22)/t6-,7-,8+,9+,10+/m1/s1. The summed E-state index contributed by atoms with van der Waals surface area (Å²) in [7, 11) is 0. The highest BCUT2D eigenvalue weighted by atomic mass is 16.4. The minimum Gasteiger partial charge on any atom is -0.480 e. The molecule has 0 aliphatic heterocycles. The number of aliphatic hydroxyl groups excluding tert-OH is 2. The molecule has 0 rings (SSSR count). The zero-order valence-electron chi connectivity index (χ0n) is 13.1. The van der Waals surface area contributed by atoms with E-state index in [1.165, 1.54) is 13.8 Å². The summed E-state index contributed by atoms with van der Waals surface area (Å²) >= 11 is 0. The summed E-state index contributed by atoms with van der Waals surface area (Å²) < 4.78 is 0. The third-order valence-electron chi connectivity index (χ3n) is 3.12. The number of aliphatic hydroxyl groups is 2. The van der Waals surface area contributed by atoms with E-state index >= 15 is 0 Å². The molecule has 0 aliphatic carbocycles. The molecule has 5 atom stereocenters. The Morgan fingerprint density at radius 2 is 1.32 bits per heavy atom. The second-order valence-corrected chi connectivity index (χ2v) is 5.56. The normalized spacial score (nSPS) is 18.0. The molecule has 0 aromatic heterocycles. The highest BCUT2D eigenvalue weighted by Crippen LogP contribution is 2.05. The number of aliphatic carboxylic acids is 1. The first kappa shape index (κ1) is 20.3. The fraction of sp³-hybridized carbons (Fsp3) is 0.769. The lowest BCUT2D eigenvalue weighted by Crippen LogP contribution is -2.59. The van der Waals surface area contributed by atoms with Gasteiger partial charge in [-0.25, -0.2) is 4.79 Å². The van der Waals surface area contributed by atoms with E-state index in [0.29, 0.717) is 0 Å². The third kappa shape index (κ3) is 5.96. The molecule has 7 N–H and O–H groups in total. The summed E-state index contributed by atoms with van der Waals surface area (Å²) in [5.41, 5.74) is 5.48. The number of hydrogen-bond acceptors (Lipinski definition) is 6. The number of carboxylic acid groups (broad SMARTS) is 1. The molecular formula is C13H25N3O6. The van der Waals surface area contributed by atoms with Crippen LogP contribution >= 0.6 is 0 Å². The largest absolute Gasteiger partial charge is 0.480 e. The zero-order chi connectivity index (χ0) is 17.6. The molecule has 22 heavy (non-hydrogen) atoms. The molecule has 0 aromatic carbocycles. The van der Waals surface area contributed by atoms with Gasteiger partial charge >= 0.3 is 5.97 Å². The molecule has 9 nitrogen and oxygen atoms in total. The van der Waals surface area contributed by atoms with Gasteiger partial charge in [-0.2, -0.15) is 0 Å². The minimum absolute atomic E-state index is 0.353. The molecule has 0 bridgehead atoms. The Kier molecular flexibility index (Phi) is 7.99. The first-order valence-corrected chi connectivity index (χ1v) is 6.94. The topological polar surface area (TPSA) is 162 Å². The maximum atomic E-state index is 12.1. The average molecular weight is 319 g/mol. The number of amides is 2. The van der Waals surface area contributed by atoms with E-state index in [1.807, 2.05) is 0 Å². The van der Waals surface area contributed by atoms with E-state index in [0.717, 1.165) is 0 Å². The van der Waals surface area contributed by atoms with Gasteiger partial charge < -0.3 is 31.7 Å². The van der Waals surface area contributed by atoms with Crippen LogP contribution in [0.25, 0.3) is 0 Å². The van der Waals surface area contributed by atoms with Gasteiger partial charge in [0.1, 0.15) is 12.1 Å². The highest BCUT2D eigenvalue weighted by molar-refractivity contribution is 5.92. The molecule has 0 unspecified atom stereocenters. The van der Waals surface area contributed by atoms with Crippen LogP contribution in [0.4, 0.5) is 0 Å². The lowest BCUT2D eigenvalue weighted by molar-refractivity contribution is -0.145. The van der Waals surface area contributed by atoms with Crippen molar-refractivity contribution in [3.8, 4) is 0 Å². The summed E-state index contributed by atoms with van der Waals surface area (Å²) in [6, 6.07) is -3.74. The van der Waals surface area contributed by atoms with Gasteiger partial charge in [-0.15, -0.1) is 0 Å². The summed E-state index contributed by atoms with van der Waals surface area (Å²) in [5.74, 6) is -3.23. The fourth-order valence-corrected chi connectivity index (χ4v) is 1.64. The van der Waals surface area contributed by atoms with Crippen molar-refractivity contribution in [2.45, 2.75) is 58.0 Å². The SMILES string of the molecule is CC(C)[C@H](NC(=O)[C@@H](N)[C@@H](C)O)C(=O)N[C@H](C(=O)O)[C@@H](C)O. The Morgan fingerprint density at radius 3 is 1.64 bits per heavy atom. The van der Waals surface area contributed by atoms with Crippen molar-refractivity contribution in [3.05, 3.63) is 0 Å². The van der Waals surface area contributed by atoms with Gasteiger partial charge in [0.2, 0.25) is 11.8 Å². The summed E-state index contributed by atoms with van der Waals surface area (Å²) in [6.07, 6.45) is -2.40. The molecule has 0 radical (unpaired) electrons. The molecule has 128 valence electrons. The number of rotatable bonds is 8. The predicted octanol–water partition coefficient (Wildman–Crippen LogP) is -2.21. The van der Waals surface area contributed by atoms with Crippen molar-refractivity contribution >= 4 is 17.8 Å². The van der Waals surface area contributed by atoms with E-state index in [4.69, 9.17) is 10.8 Å². The van der Waals surface area contributed by atoms with Gasteiger partial charge in [0, 0.05) is 0 Å².